The van der Waals surface area contributed by atoms with Crippen molar-refractivity contribution in [1.29, 1.82) is 0 Å². The Bertz CT molecular complexity index is 71.2. The molecule has 0 spiro atoms. The van der Waals surface area contributed by atoms with Gasteiger partial charge in [-0.15, -0.1) is 0 Å². The molecule has 0 aromatic heterocycles. The quantitative estimate of drug-likeness (QED) is 0.427. The van der Waals surface area contributed by atoms with Gasteiger partial charge in [-0.05, 0) is 0 Å². The van der Waals surface area contributed by atoms with Crippen LogP contribution < -0.4 is 0 Å². The van der Waals surface area contributed by atoms with Crippen LogP contribution in [0.4, 0.5) is 0 Å². The lowest BCUT2D eigenvalue weighted by Gasteiger charge is -1.91. The molecule has 0 saturated carbocycles. The molecule has 0 fully saturated rings. The Morgan fingerprint density at radius 3 is 3.00 bits per heavy atom. The Hall–Kier alpha value is -0.410. The Balaban J connectivity index is 2.38. The summed E-state index contributed by atoms with van der Waals surface area (Å²) in [5, 5.41) is 8.31. The molecule has 3 heteroatoms. The smallest absolute Gasteiger partial charge is 0.255 e. The molecule has 3 nitrogen and oxygen atoms in total. The summed E-state index contributed by atoms with van der Waals surface area (Å²) in [7, 11) is 0. The summed E-state index contributed by atoms with van der Waals surface area (Å²) >= 11 is 0. The third-order valence-corrected chi connectivity index (χ3v) is 0.553. The number of rotatable bonds is 0. The van der Waals surface area contributed by atoms with Gasteiger partial charge in [0.2, 0.25) is 0 Å². The van der Waals surface area contributed by atoms with Crippen LogP contribution in [0.2, 0.25) is 0 Å². The highest BCUT2D eigenvalue weighted by molar-refractivity contribution is 5.59. The average molecular weight is 87.1 g/mol. The van der Waals surface area contributed by atoms with E-state index in [9.17, 15) is 0 Å². The summed E-state index contributed by atoms with van der Waals surface area (Å²) in [5.74, 6) is 0. The van der Waals surface area contributed by atoms with E-state index in [1.165, 1.54) is 6.21 Å². The molecule has 0 bridgehead atoms. The standard InChI is InChI=1S/C3H5NO2/c5-3-4-1-2-6-3/h1,3,5H,2H2. The minimum absolute atomic E-state index is 0.446. The largest absolute Gasteiger partial charge is 0.350 e. The Morgan fingerprint density at radius 2 is 2.83 bits per heavy atom. The molecule has 0 amide bonds. The van der Waals surface area contributed by atoms with Crippen molar-refractivity contribution in [3.05, 3.63) is 0 Å². The van der Waals surface area contributed by atoms with Crippen LogP contribution in [0.3, 0.4) is 0 Å². The number of aliphatic hydroxyl groups excluding tert-OH is 1. The van der Waals surface area contributed by atoms with E-state index >= 15 is 0 Å². The van der Waals surface area contributed by atoms with Gasteiger partial charge in [0.15, 0.2) is 0 Å². The molecule has 1 heterocycles. The second kappa shape index (κ2) is 1.36. The van der Waals surface area contributed by atoms with Gasteiger partial charge < -0.3 is 9.84 Å². The van der Waals surface area contributed by atoms with Gasteiger partial charge in [0.25, 0.3) is 6.41 Å². The first-order valence-corrected chi connectivity index (χ1v) is 1.71. The molecule has 1 aliphatic heterocycles. The van der Waals surface area contributed by atoms with Crippen LogP contribution in [0.5, 0.6) is 0 Å². The second-order valence-corrected chi connectivity index (χ2v) is 0.991. The highest BCUT2D eigenvalue weighted by Crippen LogP contribution is 1.91. The van der Waals surface area contributed by atoms with Crippen LogP contribution in [-0.4, -0.2) is 24.3 Å². The summed E-state index contributed by atoms with van der Waals surface area (Å²) in [6.45, 7) is 0.446. The third kappa shape index (κ3) is 0.555. The predicted molar refractivity (Wildman–Crippen MR) is 20.5 cm³/mol. The van der Waals surface area contributed by atoms with Crippen molar-refractivity contribution >= 4 is 6.21 Å². The van der Waals surface area contributed by atoms with Gasteiger partial charge in [0, 0.05) is 6.21 Å². The van der Waals surface area contributed by atoms with E-state index in [2.05, 4.69) is 9.73 Å². The zero-order valence-electron chi connectivity index (χ0n) is 3.16. The van der Waals surface area contributed by atoms with Crippen LogP contribution in [-0.2, 0) is 4.74 Å². The molecule has 1 N–H and O–H groups in total. The molecule has 34 valence electrons. The van der Waals surface area contributed by atoms with Gasteiger partial charge >= 0.3 is 0 Å². The van der Waals surface area contributed by atoms with E-state index in [1.807, 2.05) is 0 Å². The highest BCUT2D eigenvalue weighted by Gasteiger charge is 2.01. The summed E-state index contributed by atoms with van der Waals surface area (Å²) in [4.78, 5) is 3.44. The Morgan fingerprint density at radius 1 is 2.00 bits per heavy atom. The molecule has 1 rings (SSSR count). The first-order valence-electron chi connectivity index (χ1n) is 1.71. The molecule has 6 heavy (non-hydrogen) atoms. The average Bonchev–Trinajstić information content (AvgIpc) is 1.86. The van der Waals surface area contributed by atoms with Gasteiger partial charge in [0.05, 0.1) is 6.61 Å². The van der Waals surface area contributed by atoms with Crippen LogP contribution in [0.1, 0.15) is 0 Å². The van der Waals surface area contributed by atoms with Gasteiger partial charge in [-0.3, -0.25) is 0 Å². The van der Waals surface area contributed by atoms with Crippen LogP contribution in [0.15, 0.2) is 4.99 Å². The normalized spacial score (nSPS) is 31.8. The first kappa shape index (κ1) is 3.77. The summed E-state index contributed by atoms with van der Waals surface area (Å²) in [5.41, 5.74) is 0. The number of hydrogen-bond donors (Lipinski definition) is 1. The van der Waals surface area contributed by atoms with E-state index in [1.54, 1.807) is 0 Å². The fraction of sp³-hybridized carbons (Fsp3) is 0.667. The fourth-order valence-corrected chi connectivity index (χ4v) is 0.305. The summed E-state index contributed by atoms with van der Waals surface area (Å²) in [6, 6.07) is 0. The van der Waals surface area contributed by atoms with Crippen molar-refractivity contribution in [2.75, 3.05) is 6.61 Å². The third-order valence-electron chi connectivity index (χ3n) is 0.553. The van der Waals surface area contributed by atoms with Crippen molar-refractivity contribution in [3.63, 3.8) is 0 Å². The van der Waals surface area contributed by atoms with Gasteiger partial charge in [-0.2, -0.15) is 0 Å². The lowest BCUT2D eigenvalue weighted by atomic mass is 10.8. The molecule has 1 unspecified atom stereocenters. The van der Waals surface area contributed by atoms with Gasteiger partial charge in [-0.1, -0.05) is 0 Å². The van der Waals surface area contributed by atoms with Crippen molar-refractivity contribution in [2.24, 2.45) is 4.99 Å². The van der Waals surface area contributed by atoms with Crippen molar-refractivity contribution in [1.82, 2.24) is 0 Å². The molecule has 0 radical (unpaired) electrons. The topological polar surface area (TPSA) is 41.8 Å². The van der Waals surface area contributed by atoms with E-state index in [4.69, 9.17) is 5.11 Å². The van der Waals surface area contributed by atoms with E-state index in [-0.39, 0.29) is 0 Å². The summed E-state index contributed by atoms with van der Waals surface area (Å²) < 4.78 is 4.49. The predicted octanol–water partition coefficient (Wildman–Crippen LogP) is -0.637. The van der Waals surface area contributed by atoms with Crippen molar-refractivity contribution in [3.8, 4) is 0 Å². The van der Waals surface area contributed by atoms with Crippen LogP contribution in [0, 0.1) is 0 Å². The van der Waals surface area contributed by atoms with Crippen LogP contribution in [0.25, 0.3) is 0 Å². The zero-order chi connectivity index (χ0) is 4.41. The minimum atomic E-state index is -0.884. The number of hydrogen-bond acceptors (Lipinski definition) is 3. The Labute approximate surface area is 35.3 Å². The highest BCUT2D eigenvalue weighted by atomic mass is 16.6. The number of aliphatic imine (C=N–C) groups is 1. The first-order chi connectivity index (χ1) is 2.89. The Kier molecular flexibility index (Phi) is 0.856. The zero-order valence-corrected chi connectivity index (χ0v) is 3.16. The number of nitrogens with zero attached hydrogens (tertiary/aromatic N) is 1. The fourth-order valence-electron chi connectivity index (χ4n) is 0.305. The van der Waals surface area contributed by atoms with Gasteiger partial charge in [-0.25, -0.2) is 4.99 Å². The molecule has 1 aliphatic rings. The number of aliphatic hydroxyl groups is 1. The molecule has 1 atom stereocenters. The second-order valence-electron chi connectivity index (χ2n) is 0.991. The molecule has 0 saturated heterocycles. The molecule has 0 aromatic rings. The van der Waals surface area contributed by atoms with E-state index in [0.29, 0.717) is 6.61 Å². The lowest BCUT2D eigenvalue weighted by Crippen LogP contribution is -1.99. The molecule has 0 aromatic carbocycles. The van der Waals surface area contributed by atoms with Crippen molar-refractivity contribution < 1.29 is 9.84 Å². The minimum Gasteiger partial charge on any atom is -0.350 e. The maximum Gasteiger partial charge on any atom is 0.255 e. The molecular formula is C3H5NO2. The van der Waals surface area contributed by atoms with E-state index in [0.717, 1.165) is 0 Å². The van der Waals surface area contributed by atoms with Crippen LogP contribution >= 0.6 is 0 Å². The maximum absolute atomic E-state index is 8.31. The molecule has 0 aliphatic carbocycles. The SMILES string of the molecule is OC1N=CCO1. The summed E-state index contributed by atoms with van der Waals surface area (Å²) in [6.07, 6.45) is 0.648. The maximum atomic E-state index is 8.31. The van der Waals surface area contributed by atoms with Gasteiger partial charge in [0.1, 0.15) is 0 Å². The number of ether oxygens (including phenoxy) is 1. The van der Waals surface area contributed by atoms with E-state index < -0.39 is 6.41 Å². The lowest BCUT2D eigenvalue weighted by molar-refractivity contribution is -0.0626. The molecular weight excluding hydrogens is 82.0 g/mol. The van der Waals surface area contributed by atoms with Crippen molar-refractivity contribution in [2.45, 2.75) is 6.41 Å². The monoisotopic (exact) mass is 87.0 g/mol.